The molecule has 5 heteroatoms. The van der Waals surface area contributed by atoms with Crippen LogP contribution in [0.15, 0.2) is 10.2 Å². The van der Waals surface area contributed by atoms with Crippen LogP contribution in [0.5, 0.6) is 0 Å². The lowest BCUT2D eigenvalue weighted by atomic mass is 10.2. The summed E-state index contributed by atoms with van der Waals surface area (Å²) in [5.74, 6) is 4.63. The van der Waals surface area contributed by atoms with Crippen LogP contribution in [0.4, 0.5) is 0 Å². The molecule has 0 spiro atoms. The largest absolute Gasteiger partial charge is 0.372 e. The summed E-state index contributed by atoms with van der Waals surface area (Å²) in [6.07, 6.45) is 0. The third-order valence-electron chi connectivity index (χ3n) is 0.310. The van der Waals surface area contributed by atoms with Crippen LogP contribution in [0.3, 0.4) is 0 Å². The molecule has 0 heterocycles. The molecular formula is CH7BN4. The molecule has 0 fully saturated rings. The highest BCUT2D eigenvalue weighted by Crippen LogP contribution is 1.51. The molecule has 0 atom stereocenters. The normalized spacial score (nSPS) is 9.50. The maximum absolute atomic E-state index is 4.63. The Morgan fingerprint density at radius 3 is 2.67 bits per heavy atom. The SMILES string of the molecule is CNBN=NN. The lowest BCUT2D eigenvalue weighted by molar-refractivity contribution is 1.08. The van der Waals surface area contributed by atoms with Gasteiger partial charge in [-0.15, -0.1) is 0 Å². The Kier molecular flexibility index (Phi) is 4.00. The van der Waals surface area contributed by atoms with Crippen molar-refractivity contribution in [2.45, 2.75) is 0 Å². The summed E-state index contributed by atoms with van der Waals surface area (Å²) in [5.41, 5.74) is 0. The average Bonchev–Trinajstić information content (AvgIpc) is 1.61. The van der Waals surface area contributed by atoms with Gasteiger partial charge in [-0.3, -0.25) is 0 Å². The predicted octanol–water partition coefficient (Wildman–Crippen LogP) is -1.20. The molecule has 0 unspecified atom stereocenters. The third-order valence-corrected chi connectivity index (χ3v) is 0.310. The first-order valence-corrected chi connectivity index (χ1v) is 1.63. The molecule has 6 heavy (non-hydrogen) atoms. The van der Waals surface area contributed by atoms with Crippen LogP contribution < -0.4 is 11.1 Å². The molecule has 0 aromatic carbocycles. The summed E-state index contributed by atoms with van der Waals surface area (Å²) in [5, 5.41) is 9.10. The molecule has 0 saturated carbocycles. The van der Waals surface area contributed by atoms with Crippen molar-refractivity contribution in [3.63, 3.8) is 0 Å². The van der Waals surface area contributed by atoms with Crippen molar-refractivity contribution in [3.8, 4) is 0 Å². The summed E-state index contributed by atoms with van der Waals surface area (Å²) in [6, 6.07) is 0. The molecule has 0 aromatic rings. The van der Waals surface area contributed by atoms with E-state index in [0.717, 1.165) is 0 Å². The lowest BCUT2D eigenvalue weighted by Crippen LogP contribution is -2.09. The number of nitrogens with two attached hydrogens (primary N) is 1. The van der Waals surface area contributed by atoms with Crippen LogP contribution in [-0.4, -0.2) is 14.6 Å². The Morgan fingerprint density at radius 1 is 1.83 bits per heavy atom. The van der Waals surface area contributed by atoms with Gasteiger partial charge < -0.3 is 11.1 Å². The lowest BCUT2D eigenvalue weighted by Gasteiger charge is -1.76. The maximum atomic E-state index is 4.63. The molecule has 0 radical (unpaired) electrons. The molecular weight excluding hydrogens is 78.9 g/mol. The molecule has 0 saturated heterocycles. The van der Waals surface area contributed by atoms with E-state index in [1.54, 1.807) is 7.05 Å². The summed E-state index contributed by atoms with van der Waals surface area (Å²) >= 11 is 0. The highest BCUT2D eigenvalue weighted by atomic mass is 15.3. The first-order chi connectivity index (χ1) is 2.91. The van der Waals surface area contributed by atoms with E-state index < -0.39 is 0 Å². The van der Waals surface area contributed by atoms with E-state index in [-0.39, 0.29) is 0 Å². The second kappa shape index (κ2) is 4.42. The highest BCUT2D eigenvalue weighted by Gasteiger charge is 1.71. The fourth-order valence-corrected chi connectivity index (χ4v) is 0.112. The Bertz CT molecular complexity index is 42.8. The van der Waals surface area contributed by atoms with E-state index >= 15 is 0 Å². The van der Waals surface area contributed by atoms with E-state index in [9.17, 15) is 0 Å². The summed E-state index contributed by atoms with van der Waals surface area (Å²) in [4.78, 5) is 0. The Morgan fingerprint density at radius 2 is 2.50 bits per heavy atom. The van der Waals surface area contributed by atoms with Crippen LogP contribution in [-0.2, 0) is 0 Å². The Balaban J connectivity index is 2.66. The Hall–Kier alpha value is -0.575. The van der Waals surface area contributed by atoms with Crippen molar-refractivity contribution >= 4 is 7.55 Å². The van der Waals surface area contributed by atoms with Crippen LogP contribution in [0.1, 0.15) is 0 Å². The fourth-order valence-electron chi connectivity index (χ4n) is 0.112. The van der Waals surface area contributed by atoms with Crippen molar-refractivity contribution in [3.05, 3.63) is 0 Å². The van der Waals surface area contributed by atoms with Crippen molar-refractivity contribution in [2.24, 2.45) is 16.1 Å². The van der Waals surface area contributed by atoms with Gasteiger partial charge in [-0.2, -0.15) is 0 Å². The van der Waals surface area contributed by atoms with Gasteiger partial charge in [-0.1, -0.05) is 5.22 Å². The molecule has 3 N–H and O–H groups in total. The Labute approximate surface area is 37.1 Å². The number of hydrogen-bond acceptors (Lipinski definition) is 3. The number of nitrogens with zero attached hydrogens (tertiary/aromatic N) is 2. The molecule has 0 bridgehead atoms. The van der Waals surface area contributed by atoms with Gasteiger partial charge in [0.05, 0.1) is 0 Å². The van der Waals surface area contributed by atoms with Gasteiger partial charge in [-0.05, 0) is 7.05 Å². The van der Waals surface area contributed by atoms with Crippen molar-refractivity contribution in [2.75, 3.05) is 7.05 Å². The summed E-state index contributed by atoms with van der Waals surface area (Å²) < 4.78 is 0. The van der Waals surface area contributed by atoms with Gasteiger partial charge in [0.25, 0.3) is 0 Å². The minimum atomic E-state index is 0.497. The second-order valence-electron chi connectivity index (χ2n) is 0.769. The van der Waals surface area contributed by atoms with Crippen LogP contribution in [0.2, 0.25) is 0 Å². The quantitative estimate of drug-likeness (QED) is 0.192. The number of rotatable bonds is 2. The number of nitrogens with one attached hydrogen (secondary N) is 1. The predicted molar refractivity (Wildman–Crippen MR) is 25.3 cm³/mol. The van der Waals surface area contributed by atoms with E-state index in [0.29, 0.717) is 7.55 Å². The molecule has 0 aliphatic rings. The topological polar surface area (TPSA) is 62.8 Å². The van der Waals surface area contributed by atoms with Gasteiger partial charge in [0.2, 0.25) is 0 Å². The molecule has 34 valence electrons. The van der Waals surface area contributed by atoms with Gasteiger partial charge in [0.15, 0.2) is 0 Å². The first-order valence-electron chi connectivity index (χ1n) is 1.63. The molecule has 0 aliphatic carbocycles. The van der Waals surface area contributed by atoms with E-state index in [4.69, 9.17) is 0 Å². The van der Waals surface area contributed by atoms with Crippen molar-refractivity contribution in [1.29, 1.82) is 0 Å². The summed E-state index contributed by atoms with van der Waals surface area (Å²) in [7, 11) is 2.27. The maximum Gasteiger partial charge on any atom is 0.372 e. The minimum absolute atomic E-state index is 0.497. The van der Waals surface area contributed by atoms with Gasteiger partial charge >= 0.3 is 7.55 Å². The highest BCUT2D eigenvalue weighted by molar-refractivity contribution is 6.28. The van der Waals surface area contributed by atoms with Crippen LogP contribution in [0.25, 0.3) is 0 Å². The molecule has 0 rings (SSSR count). The minimum Gasteiger partial charge on any atom is -0.340 e. The van der Waals surface area contributed by atoms with E-state index in [1.807, 2.05) is 0 Å². The van der Waals surface area contributed by atoms with Gasteiger partial charge in [0, 0.05) is 0 Å². The fraction of sp³-hybridized carbons (Fsp3) is 1.00. The zero-order valence-electron chi connectivity index (χ0n) is 3.68. The third kappa shape index (κ3) is 3.42. The van der Waals surface area contributed by atoms with E-state index in [1.165, 1.54) is 0 Å². The number of hydrogen-bond donors (Lipinski definition) is 2. The van der Waals surface area contributed by atoms with Gasteiger partial charge in [0.1, 0.15) is 0 Å². The first kappa shape index (κ1) is 5.42. The molecule has 4 nitrogen and oxygen atoms in total. The van der Waals surface area contributed by atoms with Crippen LogP contribution in [0, 0.1) is 0 Å². The average molecular weight is 85.9 g/mol. The standard InChI is InChI=1S/CH7BN4/c1-4-2-5-6-3/h2,4H,1H3,(H2,3,5). The smallest absolute Gasteiger partial charge is 0.340 e. The zero-order chi connectivity index (χ0) is 4.83. The monoisotopic (exact) mass is 86.1 g/mol. The van der Waals surface area contributed by atoms with E-state index in [2.05, 4.69) is 21.3 Å². The van der Waals surface area contributed by atoms with Crippen molar-refractivity contribution in [1.82, 2.24) is 5.23 Å². The molecule has 0 aromatic heterocycles. The summed E-state index contributed by atoms with van der Waals surface area (Å²) in [6.45, 7) is 0. The molecule has 0 amide bonds. The van der Waals surface area contributed by atoms with Gasteiger partial charge in [-0.25, -0.2) is 5.03 Å². The second-order valence-corrected chi connectivity index (χ2v) is 0.769. The zero-order valence-corrected chi connectivity index (χ0v) is 3.68. The molecule has 0 aliphatic heterocycles. The van der Waals surface area contributed by atoms with Crippen LogP contribution >= 0.6 is 0 Å². The van der Waals surface area contributed by atoms with Crippen molar-refractivity contribution < 1.29 is 0 Å².